The number of carboxylic acid groups (broad SMARTS) is 1. The van der Waals surface area contributed by atoms with E-state index in [9.17, 15) is 14.7 Å². The van der Waals surface area contributed by atoms with Crippen molar-refractivity contribution in [3.8, 4) is 11.1 Å². The minimum Gasteiger partial charge on any atom is -0.481 e. The number of nitrogens with zero attached hydrogens (tertiary/aromatic N) is 1. The maximum atomic E-state index is 11.9. The summed E-state index contributed by atoms with van der Waals surface area (Å²) in [6.07, 6.45) is -0.143. The van der Waals surface area contributed by atoms with E-state index in [0.717, 1.165) is 72.6 Å². The molecule has 0 bridgehead atoms. The van der Waals surface area contributed by atoms with E-state index < -0.39 is 12.3 Å². The highest BCUT2D eigenvalue weighted by atomic mass is 16.7. The van der Waals surface area contributed by atoms with Gasteiger partial charge in [0.15, 0.2) is 6.29 Å². The van der Waals surface area contributed by atoms with Gasteiger partial charge in [0.1, 0.15) is 0 Å². The van der Waals surface area contributed by atoms with Gasteiger partial charge >= 0.3 is 5.97 Å². The number of morpholine rings is 1. The van der Waals surface area contributed by atoms with Crippen LogP contribution in [0.2, 0.25) is 0 Å². The first kappa shape index (κ1) is 29.9. The van der Waals surface area contributed by atoms with E-state index >= 15 is 0 Å². The number of aliphatic hydroxyl groups is 1. The van der Waals surface area contributed by atoms with E-state index in [1.807, 2.05) is 72.8 Å². The SMILES string of the molecule is O=C(O)CCC(=O)NCc1cccc(-c2ccc([C@H]3O[C@@H](CN4CCOCC4)C[C@@H](c4ccc(CO)cc4)O3)cc2)c1. The largest absolute Gasteiger partial charge is 0.481 e. The van der Waals surface area contributed by atoms with Gasteiger partial charge in [0.05, 0.1) is 38.4 Å². The van der Waals surface area contributed by atoms with Crippen LogP contribution in [-0.4, -0.2) is 65.9 Å². The first-order valence-corrected chi connectivity index (χ1v) is 14.5. The van der Waals surface area contributed by atoms with Gasteiger partial charge < -0.3 is 29.7 Å². The Kier molecular flexibility index (Phi) is 10.3. The average molecular weight is 575 g/mol. The number of aliphatic carboxylic acids is 1. The quantitative estimate of drug-likeness (QED) is 0.312. The fourth-order valence-corrected chi connectivity index (χ4v) is 5.31. The minimum atomic E-state index is -0.987. The second-order valence-corrected chi connectivity index (χ2v) is 10.8. The summed E-state index contributed by atoms with van der Waals surface area (Å²) in [7, 11) is 0. The summed E-state index contributed by atoms with van der Waals surface area (Å²) >= 11 is 0. The maximum absolute atomic E-state index is 11.9. The lowest BCUT2D eigenvalue weighted by atomic mass is 9.99. The fraction of sp³-hybridized carbons (Fsp3) is 0.394. The number of ether oxygens (including phenoxy) is 3. The molecule has 3 N–H and O–H groups in total. The monoisotopic (exact) mass is 574 g/mol. The Morgan fingerprint density at radius 1 is 0.857 bits per heavy atom. The summed E-state index contributed by atoms with van der Waals surface area (Å²) in [6, 6.07) is 24.0. The molecule has 222 valence electrons. The molecule has 9 heteroatoms. The average Bonchev–Trinajstić information content (AvgIpc) is 3.03. The van der Waals surface area contributed by atoms with Crippen LogP contribution in [-0.2, 0) is 37.0 Å². The molecule has 2 aliphatic rings. The summed E-state index contributed by atoms with van der Waals surface area (Å²) < 4.78 is 18.5. The van der Waals surface area contributed by atoms with Crippen LogP contribution in [0.25, 0.3) is 11.1 Å². The van der Waals surface area contributed by atoms with E-state index in [-0.39, 0.29) is 37.6 Å². The van der Waals surface area contributed by atoms with Gasteiger partial charge in [0.2, 0.25) is 5.91 Å². The third kappa shape index (κ3) is 8.24. The zero-order chi connectivity index (χ0) is 29.3. The lowest BCUT2D eigenvalue weighted by Gasteiger charge is -2.39. The topological polar surface area (TPSA) is 118 Å². The molecule has 3 aromatic rings. The van der Waals surface area contributed by atoms with Crippen molar-refractivity contribution >= 4 is 11.9 Å². The van der Waals surface area contributed by atoms with Crippen molar-refractivity contribution in [3.63, 3.8) is 0 Å². The molecule has 1 amide bonds. The highest BCUT2D eigenvalue weighted by Crippen LogP contribution is 2.38. The van der Waals surface area contributed by atoms with Gasteiger partial charge in [0.25, 0.3) is 0 Å². The summed E-state index contributed by atoms with van der Waals surface area (Å²) in [5.41, 5.74) is 5.83. The van der Waals surface area contributed by atoms with E-state index in [1.165, 1.54) is 0 Å². The number of hydrogen-bond donors (Lipinski definition) is 3. The molecule has 5 rings (SSSR count). The van der Waals surface area contributed by atoms with Gasteiger partial charge in [-0.1, -0.05) is 66.7 Å². The van der Waals surface area contributed by atoms with Crippen LogP contribution in [0.4, 0.5) is 0 Å². The second kappa shape index (κ2) is 14.5. The molecule has 3 aromatic carbocycles. The molecule has 3 atom stereocenters. The highest BCUT2D eigenvalue weighted by Gasteiger charge is 2.33. The predicted octanol–water partition coefficient (Wildman–Crippen LogP) is 4.20. The third-order valence-corrected chi connectivity index (χ3v) is 7.68. The summed E-state index contributed by atoms with van der Waals surface area (Å²) in [5, 5.41) is 21.0. The smallest absolute Gasteiger partial charge is 0.303 e. The van der Waals surface area contributed by atoms with Crippen LogP contribution < -0.4 is 5.32 Å². The Labute approximate surface area is 246 Å². The van der Waals surface area contributed by atoms with Gasteiger partial charge in [-0.2, -0.15) is 0 Å². The van der Waals surface area contributed by atoms with E-state index in [2.05, 4.69) is 10.2 Å². The van der Waals surface area contributed by atoms with Crippen molar-refractivity contribution in [2.75, 3.05) is 32.8 Å². The van der Waals surface area contributed by atoms with Gasteiger partial charge in [-0.05, 0) is 33.9 Å². The molecule has 0 radical (unpaired) electrons. The van der Waals surface area contributed by atoms with E-state index in [1.54, 1.807) is 0 Å². The fourth-order valence-electron chi connectivity index (χ4n) is 5.31. The summed E-state index contributed by atoms with van der Waals surface area (Å²) in [6.45, 7) is 4.40. The number of aliphatic hydroxyl groups excluding tert-OH is 1. The Morgan fingerprint density at radius 2 is 1.60 bits per heavy atom. The van der Waals surface area contributed by atoms with Crippen molar-refractivity contribution < 1.29 is 34.0 Å². The zero-order valence-electron chi connectivity index (χ0n) is 23.6. The van der Waals surface area contributed by atoms with Gasteiger partial charge in [-0.3, -0.25) is 14.5 Å². The normalized spacial score (nSPS) is 21.1. The highest BCUT2D eigenvalue weighted by molar-refractivity contribution is 5.80. The number of amides is 1. The molecule has 0 saturated carbocycles. The van der Waals surface area contributed by atoms with Crippen molar-refractivity contribution in [1.82, 2.24) is 10.2 Å². The van der Waals surface area contributed by atoms with Crippen LogP contribution >= 0.6 is 0 Å². The first-order valence-electron chi connectivity index (χ1n) is 14.5. The predicted molar refractivity (Wildman–Crippen MR) is 156 cm³/mol. The second-order valence-electron chi connectivity index (χ2n) is 10.8. The lowest BCUT2D eigenvalue weighted by molar-refractivity contribution is -0.253. The van der Waals surface area contributed by atoms with Gasteiger partial charge in [-0.15, -0.1) is 0 Å². The van der Waals surface area contributed by atoms with Gasteiger partial charge in [-0.25, -0.2) is 0 Å². The van der Waals surface area contributed by atoms with Gasteiger partial charge in [0, 0.05) is 44.6 Å². The third-order valence-electron chi connectivity index (χ3n) is 7.68. The Hall–Kier alpha value is -3.60. The Balaban J connectivity index is 1.27. The van der Waals surface area contributed by atoms with Crippen LogP contribution in [0.1, 0.15) is 53.9 Å². The number of carbonyl (C=O) groups is 2. The number of benzene rings is 3. The molecule has 0 aromatic heterocycles. The van der Waals surface area contributed by atoms with Crippen molar-refractivity contribution in [2.45, 2.75) is 50.9 Å². The van der Waals surface area contributed by atoms with Crippen LogP contribution in [0.3, 0.4) is 0 Å². The maximum Gasteiger partial charge on any atom is 0.303 e. The number of nitrogens with one attached hydrogen (secondary N) is 1. The zero-order valence-corrected chi connectivity index (χ0v) is 23.6. The molecule has 2 saturated heterocycles. The van der Waals surface area contributed by atoms with E-state index in [0.29, 0.717) is 6.54 Å². The summed E-state index contributed by atoms with van der Waals surface area (Å²) in [5.74, 6) is -1.27. The molecular weight excluding hydrogens is 536 g/mol. The number of carbonyl (C=O) groups excluding carboxylic acids is 1. The lowest BCUT2D eigenvalue weighted by Crippen LogP contribution is -2.44. The molecule has 2 fully saturated rings. The minimum absolute atomic E-state index is 0.00782. The molecule has 9 nitrogen and oxygen atoms in total. The van der Waals surface area contributed by atoms with Crippen LogP contribution in [0.15, 0.2) is 72.8 Å². The molecule has 0 spiro atoms. The Bertz CT molecular complexity index is 1320. The molecular formula is C33H38N2O7. The first-order chi connectivity index (χ1) is 20.5. The van der Waals surface area contributed by atoms with Crippen molar-refractivity contribution in [2.24, 2.45) is 0 Å². The molecule has 2 heterocycles. The number of rotatable bonds is 11. The standard InChI is InChI=1S/C33H38N2O7/c36-22-23-4-6-26(7-5-23)30-19-29(21-35-14-16-40-17-15-35)41-33(42-30)27-10-8-25(9-11-27)28-3-1-2-24(18-28)20-34-31(37)12-13-32(38)39/h1-11,18,29-30,33,36H,12-17,19-22H2,(H,34,37)(H,38,39)/t29-,30+,33+/m1/s1. The number of carboxylic acids is 1. The molecule has 2 aliphatic heterocycles. The Morgan fingerprint density at radius 3 is 2.31 bits per heavy atom. The van der Waals surface area contributed by atoms with Crippen LogP contribution in [0.5, 0.6) is 0 Å². The number of hydrogen-bond acceptors (Lipinski definition) is 7. The molecule has 42 heavy (non-hydrogen) atoms. The van der Waals surface area contributed by atoms with Crippen molar-refractivity contribution in [3.05, 3.63) is 95.1 Å². The summed E-state index contributed by atoms with van der Waals surface area (Å²) in [4.78, 5) is 25.0. The molecule has 0 unspecified atom stereocenters. The molecule has 0 aliphatic carbocycles. The van der Waals surface area contributed by atoms with Crippen molar-refractivity contribution in [1.29, 1.82) is 0 Å². The van der Waals surface area contributed by atoms with E-state index in [4.69, 9.17) is 19.3 Å². The van der Waals surface area contributed by atoms with Crippen LogP contribution in [0, 0.1) is 0 Å².